The lowest BCUT2D eigenvalue weighted by molar-refractivity contribution is 0.415. The van der Waals surface area contributed by atoms with Gasteiger partial charge in [0.1, 0.15) is 11.6 Å². The molecule has 0 fully saturated rings. The number of benzene rings is 1. The van der Waals surface area contributed by atoms with Crippen LogP contribution >= 0.6 is 0 Å². The van der Waals surface area contributed by atoms with E-state index in [0.717, 1.165) is 45.1 Å². The quantitative estimate of drug-likeness (QED) is 0.598. The van der Waals surface area contributed by atoms with Crippen molar-refractivity contribution in [3.05, 3.63) is 48.4 Å². The van der Waals surface area contributed by atoms with E-state index in [0.29, 0.717) is 0 Å². The molecule has 0 spiro atoms. The number of H-pyrrole nitrogens is 1. The molecule has 0 aliphatic carbocycles. The Balaban J connectivity index is 1.88. The molecule has 0 aliphatic heterocycles. The van der Waals surface area contributed by atoms with E-state index in [1.165, 1.54) is 0 Å². The summed E-state index contributed by atoms with van der Waals surface area (Å²) in [7, 11) is 3.55. The zero-order valence-corrected chi connectivity index (χ0v) is 14.2. The van der Waals surface area contributed by atoms with E-state index >= 15 is 0 Å². The van der Waals surface area contributed by atoms with Gasteiger partial charge >= 0.3 is 0 Å². The van der Waals surface area contributed by atoms with Crippen LogP contribution in [0.25, 0.3) is 22.0 Å². The summed E-state index contributed by atoms with van der Waals surface area (Å²) >= 11 is 0. The first-order valence-corrected chi connectivity index (χ1v) is 7.89. The number of anilines is 2. The zero-order valence-electron chi connectivity index (χ0n) is 14.2. The molecule has 0 aliphatic rings. The van der Waals surface area contributed by atoms with Crippen LogP contribution in [0.2, 0.25) is 0 Å². The van der Waals surface area contributed by atoms with E-state index in [4.69, 9.17) is 9.72 Å². The number of methoxy groups -OCH3 is 1. The molecular formula is C18H18N6O. The van der Waals surface area contributed by atoms with Crippen LogP contribution in [0, 0.1) is 6.92 Å². The number of nitrogens with one attached hydrogen (secondary N) is 2. The highest BCUT2D eigenvalue weighted by molar-refractivity contribution is 5.97. The molecule has 0 atom stereocenters. The molecule has 0 saturated carbocycles. The number of ether oxygens (including phenoxy) is 1. The molecular weight excluding hydrogens is 316 g/mol. The Bertz CT molecular complexity index is 1050. The Labute approximate surface area is 144 Å². The fourth-order valence-corrected chi connectivity index (χ4v) is 2.79. The van der Waals surface area contributed by atoms with Gasteiger partial charge in [0, 0.05) is 36.0 Å². The number of pyridine rings is 1. The standard InChI is InChI=1S/C18H18N6O/c1-11-6-17(23-22-11)20-16-7-12-4-5-14(25-3)8-15(12)18(21-16)13-9-19-24(2)10-13/h4-10H,1-3H3,(H2,20,21,22,23). The number of hydrogen-bond donors (Lipinski definition) is 2. The topological polar surface area (TPSA) is 80.7 Å². The third kappa shape index (κ3) is 2.91. The molecule has 126 valence electrons. The molecule has 25 heavy (non-hydrogen) atoms. The van der Waals surface area contributed by atoms with E-state index in [-0.39, 0.29) is 0 Å². The lowest BCUT2D eigenvalue weighted by Crippen LogP contribution is -1.97. The summed E-state index contributed by atoms with van der Waals surface area (Å²) in [5.41, 5.74) is 2.78. The minimum Gasteiger partial charge on any atom is -0.497 e. The highest BCUT2D eigenvalue weighted by Gasteiger charge is 2.12. The maximum atomic E-state index is 5.37. The molecule has 0 bridgehead atoms. The van der Waals surface area contributed by atoms with Crippen molar-refractivity contribution in [3.8, 4) is 17.0 Å². The smallest absolute Gasteiger partial charge is 0.153 e. The molecule has 3 heterocycles. The molecule has 2 N–H and O–H groups in total. The first-order chi connectivity index (χ1) is 12.1. The molecule has 0 radical (unpaired) electrons. The first kappa shape index (κ1) is 15.2. The predicted octanol–water partition coefficient (Wildman–Crippen LogP) is 3.42. The van der Waals surface area contributed by atoms with Gasteiger partial charge in [0.05, 0.1) is 19.0 Å². The van der Waals surface area contributed by atoms with Gasteiger partial charge < -0.3 is 10.1 Å². The van der Waals surface area contributed by atoms with Crippen molar-refractivity contribution in [2.45, 2.75) is 6.92 Å². The molecule has 1 aromatic carbocycles. The van der Waals surface area contributed by atoms with Crippen molar-refractivity contribution in [3.63, 3.8) is 0 Å². The van der Waals surface area contributed by atoms with Crippen LogP contribution in [-0.2, 0) is 7.05 Å². The SMILES string of the molecule is COc1ccc2cc(Nc3cc(C)[nH]n3)nc(-c3cnn(C)c3)c2c1. The van der Waals surface area contributed by atoms with Crippen LogP contribution in [0.15, 0.2) is 42.7 Å². The lowest BCUT2D eigenvalue weighted by Gasteiger charge is -2.10. The van der Waals surface area contributed by atoms with Crippen LogP contribution in [0.5, 0.6) is 5.75 Å². The van der Waals surface area contributed by atoms with Gasteiger partial charge in [-0.2, -0.15) is 10.2 Å². The Morgan fingerprint density at radius 2 is 2.04 bits per heavy atom. The van der Waals surface area contributed by atoms with Gasteiger partial charge in [-0.15, -0.1) is 0 Å². The predicted molar refractivity (Wildman–Crippen MR) is 97.1 cm³/mol. The second-order valence-corrected chi connectivity index (χ2v) is 5.91. The molecule has 4 aromatic rings. The number of aromatic amines is 1. The van der Waals surface area contributed by atoms with Crippen molar-refractivity contribution < 1.29 is 4.74 Å². The molecule has 7 nitrogen and oxygen atoms in total. The highest BCUT2D eigenvalue weighted by Crippen LogP contribution is 2.32. The number of fused-ring (bicyclic) bond motifs is 1. The largest absolute Gasteiger partial charge is 0.497 e. The van der Waals surface area contributed by atoms with Gasteiger partial charge in [0.15, 0.2) is 5.82 Å². The molecule has 0 unspecified atom stereocenters. The third-order valence-electron chi connectivity index (χ3n) is 3.98. The zero-order chi connectivity index (χ0) is 17.4. The van der Waals surface area contributed by atoms with Crippen LogP contribution in [0.3, 0.4) is 0 Å². The van der Waals surface area contributed by atoms with E-state index < -0.39 is 0 Å². The molecule has 4 rings (SSSR count). The average molecular weight is 334 g/mol. The maximum Gasteiger partial charge on any atom is 0.153 e. The van der Waals surface area contributed by atoms with Gasteiger partial charge in [0.2, 0.25) is 0 Å². The fraction of sp³-hybridized carbons (Fsp3) is 0.167. The summed E-state index contributed by atoms with van der Waals surface area (Å²) in [4.78, 5) is 4.79. The molecule has 0 saturated heterocycles. The maximum absolute atomic E-state index is 5.37. The summed E-state index contributed by atoms with van der Waals surface area (Å²) in [5.74, 6) is 2.25. The lowest BCUT2D eigenvalue weighted by atomic mass is 10.1. The van der Waals surface area contributed by atoms with Gasteiger partial charge in [0.25, 0.3) is 0 Å². The van der Waals surface area contributed by atoms with Crippen molar-refractivity contribution in [1.29, 1.82) is 0 Å². The van der Waals surface area contributed by atoms with E-state index in [1.807, 2.05) is 56.7 Å². The Morgan fingerprint density at radius 3 is 2.72 bits per heavy atom. The van der Waals surface area contributed by atoms with E-state index in [2.05, 4.69) is 20.6 Å². The van der Waals surface area contributed by atoms with Crippen molar-refractivity contribution in [2.24, 2.45) is 7.05 Å². The van der Waals surface area contributed by atoms with Crippen LogP contribution < -0.4 is 10.1 Å². The summed E-state index contributed by atoms with van der Waals surface area (Å²) < 4.78 is 7.13. The minimum absolute atomic E-state index is 0.725. The van der Waals surface area contributed by atoms with E-state index in [1.54, 1.807) is 11.8 Å². The number of rotatable bonds is 4. The van der Waals surface area contributed by atoms with Gasteiger partial charge in [-0.3, -0.25) is 9.78 Å². The molecule has 3 aromatic heterocycles. The Hall–Kier alpha value is -3.35. The van der Waals surface area contributed by atoms with Gasteiger partial charge in [-0.05, 0) is 30.5 Å². The normalized spacial score (nSPS) is 11.0. The number of hydrogen-bond acceptors (Lipinski definition) is 5. The molecule has 0 amide bonds. The van der Waals surface area contributed by atoms with Gasteiger partial charge in [-0.1, -0.05) is 6.07 Å². The number of aromatic nitrogens is 5. The van der Waals surface area contributed by atoms with Crippen LogP contribution in [0.4, 0.5) is 11.6 Å². The third-order valence-corrected chi connectivity index (χ3v) is 3.98. The Kier molecular flexibility index (Phi) is 3.61. The number of nitrogens with zero attached hydrogens (tertiary/aromatic N) is 4. The van der Waals surface area contributed by atoms with Crippen molar-refractivity contribution in [1.82, 2.24) is 25.0 Å². The first-order valence-electron chi connectivity index (χ1n) is 7.89. The minimum atomic E-state index is 0.725. The monoisotopic (exact) mass is 334 g/mol. The van der Waals surface area contributed by atoms with Gasteiger partial charge in [-0.25, -0.2) is 4.98 Å². The average Bonchev–Trinajstić information content (AvgIpc) is 3.22. The summed E-state index contributed by atoms with van der Waals surface area (Å²) in [6.07, 6.45) is 3.76. The Morgan fingerprint density at radius 1 is 1.16 bits per heavy atom. The molecule has 7 heteroatoms. The second kappa shape index (κ2) is 5.94. The second-order valence-electron chi connectivity index (χ2n) is 5.91. The van der Waals surface area contributed by atoms with Crippen LogP contribution in [-0.4, -0.2) is 32.1 Å². The van der Waals surface area contributed by atoms with Crippen molar-refractivity contribution >= 4 is 22.4 Å². The van der Waals surface area contributed by atoms with Crippen molar-refractivity contribution in [2.75, 3.05) is 12.4 Å². The van der Waals surface area contributed by atoms with E-state index in [9.17, 15) is 0 Å². The highest BCUT2D eigenvalue weighted by atomic mass is 16.5. The fourth-order valence-electron chi connectivity index (χ4n) is 2.79. The summed E-state index contributed by atoms with van der Waals surface area (Å²) in [6, 6.07) is 9.89. The number of aryl methyl sites for hydroxylation is 2. The van der Waals surface area contributed by atoms with Crippen LogP contribution in [0.1, 0.15) is 5.69 Å². The summed E-state index contributed by atoms with van der Waals surface area (Å²) in [5, 5.41) is 16.7. The summed E-state index contributed by atoms with van der Waals surface area (Å²) in [6.45, 7) is 1.96.